The van der Waals surface area contributed by atoms with Crippen LogP contribution in [0, 0.1) is 6.92 Å². The number of ether oxygens (including phenoxy) is 2. The molecule has 2 heterocycles. The molecule has 1 fully saturated rings. The molecule has 1 saturated heterocycles. The van der Waals surface area contributed by atoms with E-state index in [2.05, 4.69) is 15.0 Å². The van der Waals surface area contributed by atoms with Crippen molar-refractivity contribution in [1.82, 2.24) is 10.3 Å². The van der Waals surface area contributed by atoms with Crippen LogP contribution in [0.3, 0.4) is 0 Å². The van der Waals surface area contributed by atoms with Gasteiger partial charge in [0.1, 0.15) is 17.0 Å². The summed E-state index contributed by atoms with van der Waals surface area (Å²) in [6.45, 7) is 4.55. The van der Waals surface area contributed by atoms with Crippen LogP contribution in [0.25, 0.3) is 0 Å². The first-order chi connectivity index (χ1) is 13.4. The Labute approximate surface area is 163 Å². The monoisotopic (exact) mass is 410 g/mol. The number of carbonyl (C=O) groups excluding carboxylic acids is 2. The molecule has 2 aromatic rings. The molecule has 29 heavy (non-hydrogen) atoms. The largest absolute Gasteiger partial charge is 0.573 e. The first-order valence-corrected chi connectivity index (χ1v) is 8.35. The van der Waals surface area contributed by atoms with Gasteiger partial charge in [0, 0.05) is 12.1 Å². The highest BCUT2D eigenvalue weighted by atomic mass is 19.4. The zero-order valence-corrected chi connectivity index (χ0v) is 15.6. The highest BCUT2D eigenvalue weighted by molar-refractivity contribution is 6.23. The number of halogens is 3. The number of carbonyl (C=O) groups is 2. The van der Waals surface area contributed by atoms with Crippen molar-refractivity contribution in [3.63, 3.8) is 0 Å². The Morgan fingerprint density at radius 1 is 1.17 bits per heavy atom. The molecular weight excluding hydrogens is 393 g/mol. The van der Waals surface area contributed by atoms with E-state index >= 15 is 0 Å². The van der Waals surface area contributed by atoms with Crippen molar-refractivity contribution in [2.24, 2.45) is 0 Å². The topological polar surface area (TPSA) is 107 Å². The van der Waals surface area contributed by atoms with Crippen LogP contribution in [0.5, 0.6) is 17.4 Å². The van der Waals surface area contributed by atoms with Gasteiger partial charge >= 0.3 is 12.4 Å². The number of urea groups is 1. The molecule has 0 atom stereocenters. The van der Waals surface area contributed by atoms with E-state index in [4.69, 9.17) is 10.5 Å². The van der Waals surface area contributed by atoms with Crippen molar-refractivity contribution in [1.29, 1.82) is 0 Å². The number of anilines is 2. The van der Waals surface area contributed by atoms with Crippen LogP contribution < -0.4 is 25.4 Å². The molecule has 0 radical (unpaired) electrons. The lowest BCUT2D eigenvalue weighted by Gasteiger charge is -2.17. The minimum Gasteiger partial charge on any atom is -0.439 e. The molecule has 1 aromatic carbocycles. The van der Waals surface area contributed by atoms with E-state index < -0.39 is 29.6 Å². The van der Waals surface area contributed by atoms with E-state index in [1.165, 1.54) is 31.2 Å². The fourth-order valence-electron chi connectivity index (χ4n) is 2.66. The van der Waals surface area contributed by atoms with Crippen molar-refractivity contribution >= 4 is 23.4 Å². The number of nitrogen functional groups attached to an aromatic ring is 1. The van der Waals surface area contributed by atoms with Gasteiger partial charge in [-0.2, -0.15) is 4.98 Å². The molecular formula is C18H17F3N4O4. The van der Waals surface area contributed by atoms with Gasteiger partial charge in [-0.1, -0.05) is 6.07 Å². The Hall–Kier alpha value is -3.50. The minimum absolute atomic E-state index is 0.0330. The maximum atomic E-state index is 12.5. The van der Waals surface area contributed by atoms with E-state index in [1.807, 2.05) is 0 Å². The standard InChI is InChI=1S/C18H17F3N4O4/c1-9-4-5-10(8-12(9)29-18(19,20)21)28-13-7-6-11(14(22)23-13)25-15(26)17(2,3)24-16(25)27/h4-8H,1-3H3,(H2,22,23)(H,24,27). The Morgan fingerprint density at radius 3 is 2.41 bits per heavy atom. The van der Waals surface area contributed by atoms with E-state index in [9.17, 15) is 22.8 Å². The van der Waals surface area contributed by atoms with Crippen molar-refractivity contribution in [3.05, 3.63) is 35.9 Å². The van der Waals surface area contributed by atoms with Gasteiger partial charge in [0.05, 0.1) is 5.69 Å². The molecule has 1 aliphatic heterocycles. The maximum Gasteiger partial charge on any atom is 0.573 e. The Morgan fingerprint density at radius 2 is 1.86 bits per heavy atom. The molecule has 1 aliphatic rings. The van der Waals surface area contributed by atoms with Crippen molar-refractivity contribution in [2.45, 2.75) is 32.7 Å². The number of nitrogens with zero attached hydrogens (tertiary/aromatic N) is 2. The molecule has 3 N–H and O–H groups in total. The summed E-state index contributed by atoms with van der Waals surface area (Å²) in [6, 6.07) is 5.94. The lowest BCUT2D eigenvalue weighted by Crippen LogP contribution is -2.40. The molecule has 0 spiro atoms. The number of benzene rings is 1. The van der Waals surface area contributed by atoms with E-state index in [-0.39, 0.29) is 28.7 Å². The molecule has 154 valence electrons. The highest BCUT2D eigenvalue weighted by Crippen LogP contribution is 2.34. The number of nitrogens with two attached hydrogens (primary N) is 1. The molecule has 3 rings (SSSR count). The molecule has 1 aromatic heterocycles. The normalized spacial score (nSPS) is 16.0. The second-order valence-corrected chi connectivity index (χ2v) is 6.83. The Balaban J connectivity index is 1.84. The summed E-state index contributed by atoms with van der Waals surface area (Å²) >= 11 is 0. The van der Waals surface area contributed by atoms with Gasteiger partial charge in [-0.05, 0) is 38.5 Å². The van der Waals surface area contributed by atoms with Crippen LogP contribution in [0.2, 0.25) is 0 Å². The van der Waals surface area contributed by atoms with Crippen LogP contribution in [-0.2, 0) is 4.79 Å². The van der Waals surface area contributed by atoms with Crippen molar-refractivity contribution in [2.75, 3.05) is 10.6 Å². The molecule has 3 amide bonds. The molecule has 0 bridgehead atoms. The third-order valence-corrected chi connectivity index (χ3v) is 4.09. The van der Waals surface area contributed by atoms with Gasteiger partial charge in [-0.25, -0.2) is 9.69 Å². The summed E-state index contributed by atoms with van der Waals surface area (Å²) in [5, 5.41) is 2.52. The van der Waals surface area contributed by atoms with E-state index in [1.54, 1.807) is 13.8 Å². The zero-order valence-electron chi connectivity index (χ0n) is 15.6. The maximum absolute atomic E-state index is 12.5. The van der Waals surface area contributed by atoms with Gasteiger partial charge in [0.2, 0.25) is 5.88 Å². The fourth-order valence-corrected chi connectivity index (χ4v) is 2.66. The lowest BCUT2D eigenvalue weighted by atomic mass is 10.1. The lowest BCUT2D eigenvalue weighted by molar-refractivity contribution is -0.274. The summed E-state index contributed by atoms with van der Waals surface area (Å²) < 4.78 is 46.8. The number of rotatable bonds is 4. The van der Waals surface area contributed by atoms with Gasteiger partial charge in [0.15, 0.2) is 5.82 Å². The van der Waals surface area contributed by atoms with Gasteiger partial charge in [-0.3, -0.25) is 4.79 Å². The minimum atomic E-state index is -4.84. The number of hydrogen-bond acceptors (Lipinski definition) is 6. The number of nitrogens with one attached hydrogen (secondary N) is 1. The molecule has 8 nitrogen and oxygen atoms in total. The van der Waals surface area contributed by atoms with Gasteiger partial charge in [0.25, 0.3) is 5.91 Å². The number of alkyl halides is 3. The van der Waals surface area contributed by atoms with Crippen LogP contribution >= 0.6 is 0 Å². The zero-order chi connectivity index (χ0) is 21.6. The van der Waals surface area contributed by atoms with Crippen molar-refractivity contribution < 1.29 is 32.2 Å². The van der Waals surface area contributed by atoms with E-state index in [0.29, 0.717) is 0 Å². The second-order valence-electron chi connectivity index (χ2n) is 6.83. The van der Waals surface area contributed by atoms with Gasteiger partial charge < -0.3 is 20.5 Å². The Kier molecular flexibility index (Phi) is 4.77. The predicted octanol–water partition coefficient (Wildman–Crippen LogP) is 3.50. The number of pyridine rings is 1. The summed E-state index contributed by atoms with van der Waals surface area (Å²) in [5.74, 6) is -1.09. The van der Waals surface area contributed by atoms with Gasteiger partial charge in [-0.15, -0.1) is 13.2 Å². The van der Waals surface area contributed by atoms with Crippen LogP contribution in [0.15, 0.2) is 30.3 Å². The average molecular weight is 410 g/mol. The summed E-state index contributed by atoms with van der Waals surface area (Å²) in [6.07, 6.45) is -4.84. The fraction of sp³-hybridized carbons (Fsp3) is 0.278. The molecule has 11 heteroatoms. The quantitative estimate of drug-likeness (QED) is 0.748. The van der Waals surface area contributed by atoms with Crippen LogP contribution in [0.1, 0.15) is 19.4 Å². The number of hydrogen-bond donors (Lipinski definition) is 2. The number of amides is 3. The van der Waals surface area contributed by atoms with Crippen molar-refractivity contribution in [3.8, 4) is 17.4 Å². The summed E-state index contributed by atoms with van der Waals surface area (Å²) in [7, 11) is 0. The van der Waals surface area contributed by atoms with Crippen LogP contribution in [0.4, 0.5) is 29.5 Å². The smallest absolute Gasteiger partial charge is 0.439 e. The third kappa shape index (κ3) is 4.18. The SMILES string of the molecule is Cc1ccc(Oc2ccc(N3C(=O)NC(C)(C)C3=O)c(N)n2)cc1OC(F)(F)F. The molecule has 0 aliphatic carbocycles. The number of imide groups is 1. The molecule has 0 saturated carbocycles. The number of aryl methyl sites for hydroxylation is 1. The highest BCUT2D eigenvalue weighted by Gasteiger charge is 2.45. The summed E-state index contributed by atoms with van der Waals surface area (Å²) in [4.78, 5) is 29.3. The van der Waals surface area contributed by atoms with Crippen LogP contribution in [-0.4, -0.2) is 28.8 Å². The first kappa shape index (κ1) is 20.2. The second kappa shape index (κ2) is 6.83. The number of aromatic nitrogens is 1. The Bertz CT molecular complexity index is 992. The first-order valence-electron chi connectivity index (χ1n) is 8.35. The summed E-state index contributed by atoms with van der Waals surface area (Å²) in [5.41, 5.74) is 5.11. The van der Waals surface area contributed by atoms with E-state index in [0.717, 1.165) is 11.0 Å². The predicted molar refractivity (Wildman–Crippen MR) is 96.7 cm³/mol. The third-order valence-electron chi connectivity index (χ3n) is 4.09. The molecule has 0 unspecified atom stereocenters. The average Bonchev–Trinajstić information content (AvgIpc) is 2.78.